The van der Waals surface area contributed by atoms with Gasteiger partial charge < -0.3 is 15.1 Å². The van der Waals surface area contributed by atoms with Crippen molar-refractivity contribution in [2.75, 3.05) is 40.8 Å². The van der Waals surface area contributed by atoms with Crippen molar-refractivity contribution in [3.63, 3.8) is 0 Å². The average Bonchev–Trinajstić information content (AvgIpc) is 2.61. The molecule has 0 saturated carbocycles. The summed E-state index contributed by atoms with van der Waals surface area (Å²) in [5.74, 6) is -1.56. The predicted molar refractivity (Wildman–Crippen MR) is 81.4 cm³/mol. The van der Waals surface area contributed by atoms with E-state index in [0.29, 0.717) is 12.5 Å². The number of hydrogen-bond donors (Lipinski definition) is 1. The molecule has 1 saturated heterocycles. The van der Waals surface area contributed by atoms with E-state index < -0.39 is 11.6 Å². The first-order valence-corrected chi connectivity index (χ1v) is 7.51. The summed E-state index contributed by atoms with van der Waals surface area (Å²) in [4.78, 5) is 4.70. The molecule has 5 heteroatoms. The fraction of sp³-hybridized carbons (Fsp3) is 0.625. The number of nitrogens with zero attached hydrogens (tertiary/aromatic N) is 2. The molecule has 2 unspecified atom stereocenters. The molecule has 0 spiro atoms. The quantitative estimate of drug-likeness (QED) is 0.913. The summed E-state index contributed by atoms with van der Waals surface area (Å²) in [6.45, 7) is 3.14. The number of nitrogens with one attached hydrogen (secondary N) is 1. The maximum absolute atomic E-state index is 13.4. The summed E-state index contributed by atoms with van der Waals surface area (Å²) in [6.07, 6.45) is 1.85. The molecule has 1 heterocycles. The minimum Gasteiger partial charge on any atom is -0.315 e. The summed E-state index contributed by atoms with van der Waals surface area (Å²) in [5, 5.41) is 3.35. The van der Waals surface area contributed by atoms with Crippen LogP contribution in [0.1, 0.15) is 12.0 Å². The molecule has 1 N–H and O–H groups in total. The molecule has 2 rings (SSSR count). The van der Waals surface area contributed by atoms with Crippen molar-refractivity contribution in [2.24, 2.45) is 0 Å². The second-order valence-corrected chi connectivity index (χ2v) is 6.01. The first-order chi connectivity index (χ1) is 10.0. The zero-order valence-electron chi connectivity index (χ0n) is 13.1. The number of rotatable bonds is 4. The van der Waals surface area contributed by atoms with Gasteiger partial charge in [0.2, 0.25) is 0 Å². The van der Waals surface area contributed by atoms with Crippen molar-refractivity contribution < 1.29 is 8.78 Å². The highest BCUT2D eigenvalue weighted by Gasteiger charge is 2.27. The highest BCUT2D eigenvalue weighted by Crippen LogP contribution is 2.16. The second kappa shape index (κ2) is 7.29. The van der Waals surface area contributed by atoms with Gasteiger partial charge in [0.05, 0.1) is 0 Å². The number of likely N-dealkylation sites (N-methyl/N-ethyl adjacent to an activating group) is 3. The molecule has 1 aromatic rings. The average molecular weight is 297 g/mol. The van der Waals surface area contributed by atoms with E-state index in [9.17, 15) is 8.78 Å². The summed E-state index contributed by atoms with van der Waals surface area (Å²) >= 11 is 0. The second-order valence-electron chi connectivity index (χ2n) is 6.01. The van der Waals surface area contributed by atoms with Gasteiger partial charge in [-0.1, -0.05) is 6.07 Å². The van der Waals surface area contributed by atoms with Crippen molar-refractivity contribution in [1.29, 1.82) is 0 Å². The summed E-state index contributed by atoms with van der Waals surface area (Å²) < 4.78 is 26.4. The third-order valence-corrected chi connectivity index (χ3v) is 4.39. The molecule has 0 aliphatic carbocycles. The van der Waals surface area contributed by atoms with Crippen LogP contribution in [0.4, 0.5) is 8.78 Å². The summed E-state index contributed by atoms with van der Waals surface area (Å²) in [6, 6.07) is 4.75. The fourth-order valence-corrected chi connectivity index (χ4v) is 3.09. The molecule has 118 valence electrons. The zero-order chi connectivity index (χ0) is 15.4. The minimum absolute atomic E-state index is 0.209. The van der Waals surface area contributed by atoms with E-state index in [1.807, 2.05) is 7.05 Å². The van der Waals surface area contributed by atoms with E-state index in [0.717, 1.165) is 31.6 Å². The van der Waals surface area contributed by atoms with Crippen molar-refractivity contribution >= 4 is 0 Å². The van der Waals surface area contributed by atoms with E-state index >= 15 is 0 Å². The van der Waals surface area contributed by atoms with Gasteiger partial charge >= 0.3 is 0 Å². The zero-order valence-corrected chi connectivity index (χ0v) is 13.1. The standard InChI is InChI=1S/C16H25F2N3/c1-19-15(10-12-5-6-13(17)14(18)9-12)16-11-20(2)7-4-8-21(16)3/h5-6,9,15-16,19H,4,7-8,10-11H2,1-3H3. The number of hydrogen-bond acceptors (Lipinski definition) is 3. The maximum atomic E-state index is 13.4. The Labute approximate surface area is 125 Å². The SMILES string of the molecule is CNC(Cc1ccc(F)c(F)c1)C1CN(C)CCCN1C. The topological polar surface area (TPSA) is 18.5 Å². The van der Waals surface area contributed by atoms with Gasteiger partial charge in [0, 0.05) is 18.6 Å². The van der Waals surface area contributed by atoms with Crippen molar-refractivity contribution in [3.05, 3.63) is 35.4 Å². The van der Waals surface area contributed by atoms with Crippen molar-refractivity contribution in [1.82, 2.24) is 15.1 Å². The lowest BCUT2D eigenvalue weighted by Gasteiger charge is -2.34. The molecular weight excluding hydrogens is 272 g/mol. The number of benzene rings is 1. The van der Waals surface area contributed by atoms with Crippen LogP contribution in [0.2, 0.25) is 0 Å². The van der Waals surface area contributed by atoms with E-state index in [1.54, 1.807) is 6.07 Å². The van der Waals surface area contributed by atoms with Crippen LogP contribution in [0, 0.1) is 11.6 Å². The lowest BCUT2D eigenvalue weighted by molar-refractivity contribution is 0.181. The molecule has 2 atom stereocenters. The largest absolute Gasteiger partial charge is 0.315 e. The van der Waals surface area contributed by atoms with Crippen LogP contribution in [0.25, 0.3) is 0 Å². The van der Waals surface area contributed by atoms with Crippen LogP contribution in [-0.4, -0.2) is 62.7 Å². The fourth-order valence-electron chi connectivity index (χ4n) is 3.09. The molecule has 21 heavy (non-hydrogen) atoms. The Kier molecular flexibility index (Phi) is 5.67. The molecule has 1 aromatic carbocycles. The molecule has 0 amide bonds. The van der Waals surface area contributed by atoms with Crippen LogP contribution in [0.3, 0.4) is 0 Å². The molecule has 0 aromatic heterocycles. The molecule has 1 aliphatic heterocycles. The lowest BCUT2D eigenvalue weighted by Crippen LogP contribution is -2.52. The number of halogens is 2. The Hall–Kier alpha value is -1.04. The monoisotopic (exact) mass is 297 g/mol. The summed E-state index contributed by atoms with van der Waals surface area (Å²) in [7, 11) is 6.21. The predicted octanol–water partition coefficient (Wildman–Crippen LogP) is 1.73. The van der Waals surface area contributed by atoms with Gasteiger partial charge in [0.15, 0.2) is 11.6 Å². The lowest BCUT2D eigenvalue weighted by atomic mass is 9.98. The van der Waals surface area contributed by atoms with Crippen molar-refractivity contribution in [2.45, 2.75) is 24.9 Å². The van der Waals surface area contributed by atoms with Gasteiger partial charge in [-0.05, 0) is 64.8 Å². The van der Waals surface area contributed by atoms with Crippen LogP contribution >= 0.6 is 0 Å². The van der Waals surface area contributed by atoms with Gasteiger partial charge in [-0.2, -0.15) is 0 Å². The summed E-state index contributed by atoms with van der Waals surface area (Å²) in [5.41, 5.74) is 0.827. The Morgan fingerprint density at radius 2 is 2.00 bits per heavy atom. The van der Waals surface area contributed by atoms with E-state index in [-0.39, 0.29) is 6.04 Å². The van der Waals surface area contributed by atoms with Gasteiger partial charge in [-0.15, -0.1) is 0 Å². The highest BCUT2D eigenvalue weighted by molar-refractivity contribution is 5.19. The van der Waals surface area contributed by atoms with E-state index in [2.05, 4.69) is 29.2 Å². The first kappa shape index (κ1) is 16.3. The smallest absolute Gasteiger partial charge is 0.159 e. The van der Waals surface area contributed by atoms with Gasteiger partial charge in [-0.25, -0.2) is 8.78 Å². The van der Waals surface area contributed by atoms with Crippen LogP contribution in [0.15, 0.2) is 18.2 Å². The van der Waals surface area contributed by atoms with Gasteiger partial charge in [0.25, 0.3) is 0 Å². The minimum atomic E-state index is -0.786. The Bertz CT molecular complexity index is 467. The maximum Gasteiger partial charge on any atom is 0.159 e. The highest BCUT2D eigenvalue weighted by atomic mass is 19.2. The molecule has 3 nitrogen and oxygen atoms in total. The van der Waals surface area contributed by atoms with Crippen LogP contribution in [-0.2, 0) is 6.42 Å². The van der Waals surface area contributed by atoms with Crippen LogP contribution in [0.5, 0.6) is 0 Å². The molecule has 0 radical (unpaired) electrons. The Balaban J connectivity index is 2.11. The first-order valence-electron chi connectivity index (χ1n) is 7.51. The Morgan fingerprint density at radius 1 is 1.24 bits per heavy atom. The van der Waals surface area contributed by atoms with Gasteiger partial charge in [-0.3, -0.25) is 0 Å². The third kappa shape index (κ3) is 4.22. The van der Waals surface area contributed by atoms with E-state index in [4.69, 9.17) is 0 Å². The van der Waals surface area contributed by atoms with Gasteiger partial charge in [0.1, 0.15) is 0 Å². The normalized spacial score (nSPS) is 23.0. The van der Waals surface area contributed by atoms with Crippen LogP contribution < -0.4 is 5.32 Å². The molecule has 1 aliphatic rings. The molecule has 0 bridgehead atoms. The molecular formula is C16H25F2N3. The van der Waals surface area contributed by atoms with Crippen molar-refractivity contribution in [3.8, 4) is 0 Å². The van der Waals surface area contributed by atoms with E-state index in [1.165, 1.54) is 12.1 Å². The third-order valence-electron chi connectivity index (χ3n) is 4.39. The Morgan fingerprint density at radius 3 is 2.67 bits per heavy atom. The molecule has 1 fully saturated rings.